The predicted molar refractivity (Wildman–Crippen MR) is 476 cm³/mol. The summed E-state index contributed by atoms with van der Waals surface area (Å²) in [6.45, 7) is 28.9. The van der Waals surface area contributed by atoms with Crippen molar-refractivity contribution in [2.45, 2.75) is 199 Å². The quantitative estimate of drug-likeness (QED) is 0.0129. The van der Waals surface area contributed by atoms with Gasteiger partial charge in [-0.05, 0) is 245 Å². The fourth-order valence-electron chi connectivity index (χ4n) is 16.4. The molecular formula is C94H115F5N14O16. The maximum absolute atomic E-state index is 14.2. The van der Waals surface area contributed by atoms with Gasteiger partial charge in [-0.3, -0.25) is 71.9 Å². The fraction of sp³-hybridized carbons (Fsp3) is 0.415. The summed E-state index contributed by atoms with van der Waals surface area (Å²) in [5.41, 5.74) is 9.99. The Kier molecular flexibility index (Phi) is 33.9. The molecule has 35 heteroatoms. The van der Waals surface area contributed by atoms with Crippen LogP contribution in [-0.4, -0.2) is 154 Å². The molecule has 3 atom stereocenters. The molecule has 2 saturated carbocycles. The lowest BCUT2D eigenvalue weighted by Gasteiger charge is -2.48. The molecule has 0 spiro atoms. The van der Waals surface area contributed by atoms with Crippen LogP contribution in [0.15, 0.2) is 72.8 Å². The molecule has 0 radical (unpaired) electrons. The van der Waals surface area contributed by atoms with Crippen LogP contribution >= 0.6 is 0 Å². The Balaban J connectivity index is 0.000000236. The van der Waals surface area contributed by atoms with Gasteiger partial charge in [0.25, 0.3) is 70.4 Å². The van der Waals surface area contributed by atoms with Gasteiger partial charge in [0.15, 0.2) is 5.78 Å². The van der Waals surface area contributed by atoms with Gasteiger partial charge in [-0.1, -0.05) is 47.0 Å². The molecule has 0 bridgehead atoms. The third kappa shape index (κ3) is 23.3. The van der Waals surface area contributed by atoms with Gasteiger partial charge >= 0.3 is 0 Å². The second-order valence-corrected chi connectivity index (χ2v) is 33.9. The number of hydrogen-bond donors (Lipinski definition) is 11. The third-order valence-corrected chi connectivity index (χ3v) is 23.8. The minimum absolute atomic E-state index is 0.0233. The Hall–Kier alpha value is -13.3. The summed E-state index contributed by atoms with van der Waals surface area (Å²) >= 11 is 0. The van der Waals surface area contributed by atoms with Crippen LogP contribution in [0.3, 0.4) is 0 Å². The zero-order chi connectivity index (χ0) is 97.1. The number of nitrogens with one attached hydrogen (secondary N) is 9. The van der Waals surface area contributed by atoms with Crippen LogP contribution in [0, 0.1) is 124 Å². The maximum Gasteiger partial charge on any atom is 0.294 e. The lowest BCUT2D eigenvalue weighted by molar-refractivity contribution is -0.143. The molecule has 30 nitrogen and oxygen atoms in total. The van der Waals surface area contributed by atoms with Crippen LogP contribution in [0.5, 0.6) is 0 Å². The van der Waals surface area contributed by atoms with E-state index < -0.39 is 117 Å². The largest absolute Gasteiger partial charge is 0.394 e. The molecule has 0 saturated heterocycles. The number of likely N-dealkylation sites (N-methyl/N-ethyl adjacent to an activating group) is 1. The molecule has 0 unspecified atom stereocenters. The number of benzene rings is 4. The van der Waals surface area contributed by atoms with E-state index in [0.29, 0.717) is 84.5 Å². The van der Waals surface area contributed by atoms with Crippen molar-refractivity contribution in [2.75, 3.05) is 34.9 Å². The van der Waals surface area contributed by atoms with E-state index in [4.69, 9.17) is 5.73 Å². The Morgan fingerprint density at radius 3 is 0.977 bits per heavy atom. The standard InChI is InChI=1S/C25H31FN4O4.C24H28F2N4O4.C23H28FN3O4.C22H28FN3O4/c1-13-12-17(10-11-18(13)26)28-24(33)19-14(2)21(30(4)15(19)3)22(31)25(34)29-20(23(27)32)16-8-6-5-7-9-16;1-12-9-15(7-8-16(12)25)28-20(32)17-13(2)18(30(6)14(17)3)19(31)21(33)29-24(22(34)27-5)10-23(4,26)11-24;1-11(2)19(15(6)28)26-23(31)21(29)20-13(4)18(14(5)27(20)7)22(30)25-16-8-9-17(24)12(3)10-16;1-11(2)17(10-27)25-22(30)20(28)19-13(4)18(14(5)26(19)6)21(29)24-15-7-8-16(23)12(3)9-15/h10-12,16,20H,5-9H2,1-4H3,(H2,27,32)(H,28,33)(H,29,34);7-9H,10-11H2,1-6H3,(H,27,34)(H,28,32)(H,29,33);8-11,19H,1-7H3,(H,25,30)(H,26,31);7-9,11,17,27H,10H2,1-6H3,(H,24,29)(H,25,30)/t20-;;19-;17-/m1.10/s1. The zero-order valence-corrected chi connectivity index (χ0v) is 76.9. The van der Waals surface area contributed by atoms with Crippen LogP contribution in [0.4, 0.5) is 44.7 Å². The Morgan fingerprint density at radius 2 is 0.729 bits per heavy atom. The summed E-state index contributed by atoms with van der Waals surface area (Å²) in [5.74, 6) is -12.4. The summed E-state index contributed by atoms with van der Waals surface area (Å²) in [6.07, 6.45) is 3.97. The molecule has 10 rings (SSSR count). The zero-order valence-electron chi connectivity index (χ0n) is 76.9. The number of nitrogens with zero attached hydrogens (tertiary/aromatic N) is 4. The molecule has 2 aliphatic carbocycles. The minimum atomic E-state index is -1.63. The van der Waals surface area contributed by atoms with Crippen molar-refractivity contribution >= 4 is 111 Å². The Labute approximate surface area is 745 Å². The molecule has 2 fully saturated rings. The number of aliphatic hydroxyl groups is 1. The van der Waals surface area contributed by atoms with E-state index in [2.05, 4.69) is 47.9 Å². The summed E-state index contributed by atoms with van der Waals surface area (Å²) in [7, 11) is 7.69. The lowest BCUT2D eigenvalue weighted by atomic mass is 9.66. The molecule has 0 aliphatic heterocycles. The maximum atomic E-state index is 14.2. The van der Waals surface area contributed by atoms with Crippen molar-refractivity contribution < 1.29 is 99.0 Å². The molecule has 8 aromatic rings. The van der Waals surface area contributed by atoms with Gasteiger partial charge in [-0.25, -0.2) is 22.0 Å². The number of carbonyl (C=O) groups is 15. The lowest BCUT2D eigenvalue weighted by Crippen LogP contribution is -2.70. The number of anilines is 4. The van der Waals surface area contributed by atoms with Crippen molar-refractivity contribution in [2.24, 2.45) is 51.7 Å². The summed E-state index contributed by atoms with van der Waals surface area (Å²) in [6, 6.07) is 14.6. The molecule has 2 aliphatic rings. The van der Waals surface area contributed by atoms with Crippen molar-refractivity contribution in [3.05, 3.63) is 208 Å². The van der Waals surface area contributed by atoms with Gasteiger partial charge in [0.2, 0.25) is 11.8 Å². The number of Topliss-reactive ketones (excluding diaryl/α,β-unsaturated/α-hetero) is 5. The average molecular weight is 1790 g/mol. The van der Waals surface area contributed by atoms with Crippen molar-refractivity contribution in [1.82, 2.24) is 44.9 Å². The molecule has 10 amide bonds. The highest BCUT2D eigenvalue weighted by atomic mass is 19.1. The van der Waals surface area contributed by atoms with Crippen LogP contribution in [0.1, 0.15) is 237 Å². The SMILES string of the molecule is CC(=O)[C@H](NC(=O)C(=O)c1c(C)c(C(=O)Nc2ccc(F)c(C)c2)c(C)n1C)C(C)C.CNC(=O)C1(NC(=O)C(=O)c2c(C)c(C(=O)Nc3ccc(F)c(C)c3)c(C)n2C)CC(C)(F)C1.Cc1cc(NC(=O)c2c(C)c(C(=O)C(=O)N[C@@H](C(N)=O)C3CCCCC3)n(C)c2C)ccc1F.Cc1cc(NC(=O)c2c(C)c(C(=O)C(=O)N[C@@H](CO)C(C)C)n(C)c2C)ccc1F. The smallest absolute Gasteiger partial charge is 0.294 e. The van der Waals surface area contributed by atoms with Crippen LogP contribution < -0.4 is 53.6 Å². The second kappa shape index (κ2) is 42.5. The number of alkyl halides is 1. The van der Waals surface area contributed by atoms with Gasteiger partial charge in [-0.2, -0.15) is 0 Å². The van der Waals surface area contributed by atoms with Crippen molar-refractivity contribution in [3.63, 3.8) is 0 Å². The van der Waals surface area contributed by atoms with Gasteiger partial charge < -0.3 is 77.0 Å². The molecular weight excluding hydrogens is 1680 g/mol. The monoisotopic (exact) mass is 1790 g/mol. The molecule has 4 heterocycles. The number of nitrogens with two attached hydrogens (primary N) is 1. The molecule has 692 valence electrons. The Morgan fingerprint density at radius 1 is 0.442 bits per heavy atom. The number of rotatable bonds is 27. The number of carbonyl (C=O) groups excluding carboxylic acids is 15. The number of aromatic nitrogens is 4. The van der Waals surface area contributed by atoms with Gasteiger partial charge in [0.1, 0.15) is 40.5 Å². The van der Waals surface area contributed by atoms with E-state index in [1.165, 1.54) is 126 Å². The van der Waals surface area contributed by atoms with Crippen LogP contribution in [-0.2, 0) is 61.8 Å². The van der Waals surface area contributed by atoms with E-state index in [-0.39, 0.29) is 111 Å². The first-order valence-electron chi connectivity index (χ1n) is 41.8. The highest BCUT2D eigenvalue weighted by molar-refractivity contribution is 6.45. The normalized spacial score (nSPS) is 15.2. The fourth-order valence-corrected chi connectivity index (χ4v) is 16.4. The van der Waals surface area contributed by atoms with Gasteiger partial charge in [-0.15, -0.1) is 0 Å². The molecule has 4 aromatic carbocycles. The minimum Gasteiger partial charge on any atom is -0.394 e. The highest BCUT2D eigenvalue weighted by Gasteiger charge is 2.59. The van der Waals surface area contributed by atoms with Gasteiger partial charge in [0, 0.05) is 93.6 Å². The van der Waals surface area contributed by atoms with Crippen molar-refractivity contribution in [3.8, 4) is 0 Å². The van der Waals surface area contributed by atoms with E-state index in [9.17, 15) is 99.0 Å². The topological polar surface area (TPSA) is 430 Å². The van der Waals surface area contributed by atoms with E-state index in [0.717, 1.165) is 32.1 Å². The molecule has 12 N–H and O–H groups in total. The number of primary amides is 1. The number of halogens is 5. The van der Waals surface area contributed by atoms with Crippen LogP contribution in [0.25, 0.3) is 0 Å². The number of aliphatic hydroxyl groups excluding tert-OH is 1. The molecule has 4 aromatic heterocycles. The number of ketones is 5. The van der Waals surface area contributed by atoms with E-state index in [1.807, 2.05) is 13.8 Å². The van der Waals surface area contributed by atoms with Crippen LogP contribution in [0.2, 0.25) is 0 Å². The first-order valence-corrected chi connectivity index (χ1v) is 41.8. The summed E-state index contributed by atoms with van der Waals surface area (Å²) in [5, 5.41) is 32.6. The first kappa shape index (κ1) is 103. The number of aryl methyl sites for hydroxylation is 4. The van der Waals surface area contributed by atoms with E-state index >= 15 is 0 Å². The first-order chi connectivity index (χ1) is 60.1. The number of hydrogen-bond acceptors (Lipinski definition) is 16. The predicted octanol–water partition coefficient (Wildman–Crippen LogP) is 11.6. The highest BCUT2D eigenvalue weighted by Crippen LogP contribution is 2.45. The van der Waals surface area contributed by atoms with Gasteiger partial charge in [0.05, 0.1) is 63.7 Å². The summed E-state index contributed by atoms with van der Waals surface area (Å²) in [4.78, 5) is 190. The third-order valence-electron chi connectivity index (χ3n) is 23.8. The van der Waals surface area contributed by atoms with Crippen molar-refractivity contribution in [1.29, 1.82) is 0 Å². The Bertz CT molecular complexity index is 5810. The van der Waals surface area contributed by atoms with E-state index in [1.54, 1.807) is 111 Å². The average Bonchev–Trinajstić information content (AvgIpc) is 1.69. The second-order valence-electron chi connectivity index (χ2n) is 33.9. The summed E-state index contributed by atoms with van der Waals surface area (Å²) < 4.78 is 74.1. The molecule has 129 heavy (non-hydrogen) atoms. The number of amides is 10.